The highest BCUT2D eigenvalue weighted by atomic mass is 32.2. The summed E-state index contributed by atoms with van der Waals surface area (Å²) in [6.07, 6.45) is 0.481. The SMILES string of the molecule is CCCS(=O)(=O)NCC(=O)O. The standard InChI is InChI=1S/C5H11NO4S/c1-2-3-11(9,10)6-4-5(7)8/h6H,2-4H2,1H3,(H,7,8). The second-order valence-electron chi connectivity index (χ2n) is 2.03. The number of hydrogen-bond acceptors (Lipinski definition) is 3. The van der Waals surface area contributed by atoms with Crippen molar-refractivity contribution in [2.75, 3.05) is 12.3 Å². The van der Waals surface area contributed by atoms with Gasteiger partial charge in [0.15, 0.2) is 0 Å². The van der Waals surface area contributed by atoms with Crippen LogP contribution < -0.4 is 4.72 Å². The fourth-order valence-corrected chi connectivity index (χ4v) is 1.54. The Morgan fingerprint density at radius 1 is 1.55 bits per heavy atom. The van der Waals surface area contributed by atoms with Crippen molar-refractivity contribution in [1.82, 2.24) is 4.72 Å². The molecule has 0 radical (unpaired) electrons. The Labute approximate surface area is 65.5 Å². The van der Waals surface area contributed by atoms with Crippen molar-refractivity contribution < 1.29 is 18.3 Å². The van der Waals surface area contributed by atoms with Crippen molar-refractivity contribution in [1.29, 1.82) is 0 Å². The van der Waals surface area contributed by atoms with Crippen LogP contribution in [-0.4, -0.2) is 31.8 Å². The molecular weight excluding hydrogens is 170 g/mol. The molecule has 0 saturated carbocycles. The summed E-state index contributed by atoms with van der Waals surface area (Å²) in [6.45, 7) is 1.17. The van der Waals surface area contributed by atoms with E-state index in [-0.39, 0.29) is 5.75 Å². The molecule has 0 fully saturated rings. The average Bonchev–Trinajstić information content (AvgIpc) is 1.84. The van der Waals surface area contributed by atoms with Gasteiger partial charge in [0.25, 0.3) is 0 Å². The third kappa shape index (κ3) is 5.81. The summed E-state index contributed by atoms with van der Waals surface area (Å²) in [7, 11) is -3.36. The fourth-order valence-electron chi connectivity index (χ4n) is 0.513. The molecular formula is C5H11NO4S. The summed E-state index contributed by atoms with van der Waals surface area (Å²) in [6, 6.07) is 0. The Hall–Kier alpha value is -0.620. The maximum atomic E-state index is 10.8. The van der Waals surface area contributed by atoms with Crippen molar-refractivity contribution in [3.63, 3.8) is 0 Å². The molecule has 0 aliphatic carbocycles. The normalized spacial score (nSPS) is 11.4. The molecule has 0 spiro atoms. The smallest absolute Gasteiger partial charge is 0.318 e. The molecule has 5 nitrogen and oxygen atoms in total. The van der Waals surface area contributed by atoms with Gasteiger partial charge in [0.1, 0.15) is 6.54 Å². The van der Waals surface area contributed by atoms with Crippen LogP contribution in [0.1, 0.15) is 13.3 Å². The molecule has 66 valence electrons. The maximum absolute atomic E-state index is 10.8. The van der Waals surface area contributed by atoms with Crippen molar-refractivity contribution in [2.24, 2.45) is 0 Å². The predicted molar refractivity (Wildman–Crippen MR) is 39.7 cm³/mol. The van der Waals surface area contributed by atoms with E-state index < -0.39 is 22.5 Å². The minimum atomic E-state index is -3.36. The minimum Gasteiger partial charge on any atom is -0.480 e. The second-order valence-corrected chi connectivity index (χ2v) is 3.96. The summed E-state index contributed by atoms with van der Waals surface area (Å²) >= 11 is 0. The van der Waals surface area contributed by atoms with Gasteiger partial charge in [-0.15, -0.1) is 0 Å². The van der Waals surface area contributed by atoms with Gasteiger partial charge in [-0.1, -0.05) is 6.92 Å². The number of carboxylic acid groups (broad SMARTS) is 1. The average molecular weight is 181 g/mol. The number of hydrogen-bond donors (Lipinski definition) is 2. The monoisotopic (exact) mass is 181 g/mol. The number of carboxylic acids is 1. The first kappa shape index (κ1) is 10.4. The maximum Gasteiger partial charge on any atom is 0.318 e. The third-order valence-corrected chi connectivity index (χ3v) is 2.45. The highest BCUT2D eigenvalue weighted by Crippen LogP contribution is 1.86. The van der Waals surface area contributed by atoms with Crippen LogP contribution in [0.5, 0.6) is 0 Å². The van der Waals surface area contributed by atoms with E-state index in [4.69, 9.17) is 5.11 Å². The van der Waals surface area contributed by atoms with Gasteiger partial charge in [-0.25, -0.2) is 13.1 Å². The number of nitrogens with one attached hydrogen (secondary N) is 1. The zero-order chi connectivity index (χ0) is 8.91. The van der Waals surface area contributed by atoms with Gasteiger partial charge in [0.05, 0.1) is 5.75 Å². The van der Waals surface area contributed by atoms with E-state index in [0.29, 0.717) is 6.42 Å². The van der Waals surface area contributed by atoms with Crippen LogP contribution in [0.2, 0.25) is 0 Å². The Bertz CT molecular complexity index is 221. The molecule has 0 atom stereocenters. The summed E-state index contributed by atoms with van der Waals surface area (Å²) in [5, 5.41) is 8.12. The molecule has 11 heavy (non-hydrogen) atoms. The Balaban J connectivity index is 3.84. The van der Waals surface area contributed by atoms with Crippen LogP contribution in [0.3, 0.4) is 0 Å². The molecule has 0 aliphatic heterocycles. The topological polar surface area (TPSA) is 83.5 Å². The first-order chi connectivity index (χ1) is 4.98. The lowest BCUT2D eigenvalue weighted by Gasteiger charge is -2.00. The summed E-state index contributed by atoms with van der Waals surface area (Å²) in [4.78, 5) is 9.92. The lowest BCUT2D eigenvalue weighted by molar-refractivity contribution is -0.135. The zero-order valence-electron chi connectivity index (χ0n) is 6.20. The van der Waals surface area contributed by atoms with E-state index in [9.17, 15) is 13.2 Å². The largest absolute Gasteiger partial charge is 0.480 e. The van der Waals surface area contributed by atoms with Crippen molar-refractivity contribution in [3.8, 4) is 0 Å². The summed E-state index contributed by atoms with van der Waals surface area (Å²) in [5.74, 6) is -1.20. The molecule has 0 unspecified atom stereocenters. The summed E-state index contributed by atoms with van der Waals surface area (Å²) < 4.78 is 23.5. The van der Waals surface area contributed by atoms with E-state index >= 15 is 0 Å². The molecule has 0 aromatic heterocycles. The third-order valence-electron chi connectivity index (χ3n) is 0.916. The molecule has 0 aromatic rings. The minimum absolute atomic E-state index is 0.0275. The molecule has 0 heterocycles. The quantitative estimate of drug-likeness (QED) is 0.593. The first-order valence-corrected chi connectivity index (χ1v) is 4.82. The zero-order valence-corrected chi connectivity index (χ0v) is 7.02. The lowest BCUT2D eigenvalue weighted by atomic mass is 10.6. The second kappa shape index (κ2) is 4.30. The first-order valence-electron chi connectivity index (χ1n) is 3.17. The fraction of sp³-hybridized carbons (Fsp3) is 0.800. The Morgan fingerprint density at radius 3 is 2.45 bits per heavy atom. The van der Waals surface area contributed by atoms with E-state index in [1.807, 2.05) is 4.72 Å². The molecule has 0 amide bonds. The molecule has 0 saturated heterocycles. The van der Waals surface area contributed by atoms with Gasteiger partial charge in [0, 0.05) is 0 Å². The number of carbonyl (C=O) groups is 1. The van der Waals surface area contributed by atoms with Crippen molar-refractivity contribution in [3.05, 3.63) is 0 Å². The predicted octanol–water partition coefficient (Wildman–Crippen LogP) is -0.600. The van der Waals surface area contributed by atoms with Crippen LogP contribution in [0.25, 0.3) is 0 Å². The van der Waals surface area contributed by atoms with Crippen molar-refractivity contribution >= 4 is 16.0 Å². The van der Waals surface area contributed by atoms with Gasteiger partial charge in [-0.2, -0.15) is 0 Å². The molecule has 0 bridgehead atoms. The number of sulfonamides is 1. The number of aliphatic carboxylic acids is 1. The van der Waals surface area contributed by atoms with Crippen LogP contribution in [-0.2, 0) is 14.8 Å². The highest BCUT2D eigenvalue weighted by molar-refractivity contribution is 7.89. The molecule has 6 heteroatoms. The molecule has 2 N–H and O–H groups in total. The summed E-state index contributed by atoms with van der Waals surface area (Å²) in [5.41, 5.74) is 0. The molecule has 0 aliphatic rings. The van der Waals surface area contributed by atoms with Crippen LogP contribution >= 0.6 is 0 Å². The van der Waals surface area contributed by atoms with E-state index in [1.54, 1.807) is 6.92 Å². The lowest BCUT2D eigenvalue weighted by Crippen LogP contribution is -2.31. The van der Waals surface area contributed by atoms with Crippen LogP contribution in [0.4, 0.5) is 0 Å². The van der Waals surface area contributed by atoms with Gasteiger partial charge in [0.2, 0.25) is 10.0 Å². The van der Waals surface area contributed by atoms with Crippen LogP contribution in [0, 0.1) is 0 Å². The van der Waals surface area contributed by atoms with E-state index in [1.165, 1.54) is 0 Å². The molecule has 0 aromatic carbocycles. The van der Waals surface area contributed by atoms with E-state index in [0.717, 1.165) is 0 Å². The van der Waals surface area contributed by atoms with Gasteiger partial charge in [-0.3, -0.25) is 4.79 Å². The van der Waals surface area contributed by atoms with Gasteiger partial charge in [-0.05, 0) is 6.42 Å². The van der Waals surface area contributed by atoms with Crippen molar-refractivity contribution in [2.45, 2.75) is 13.3 Å². The Morgan fingerprint density at radius 2 is 2.09 bits per heavy atom. The van der Waals surface area contributed by atoms with Gasteiger partial charge < -0.3 is 5.11 Å². The Kier molecular flexibility index (Phi) is 4.06. The van der Waals surface area contributed by atoms with Crippen LogP contribution in [0.15, 0.2) is 0 Å². The van der Waals surface area contributed by atoms with E-state index in [2.05, 4.69) is 0 Å². The highest BCUT2D eigenvalue weighted by Gasteiger charge is 2.09. The number of rotatable bonds is 5. The molecule has 0 rings (SSSR count). The van der Waals surface area contributed by atoms with Gasteiger partial charge >= 0.3 is 5.97 Å².